The predicted molar refractivity (Wildman–Crippen MR) is 73.6 cm³/mol. The van der Waals surface area contributed by atoms with Gasteiger partial charge in [-0.2, -0.15) is 0 Å². The Labute approximate surface area is 109 Å². The molecule has 1 aromatic carbocycles. The molecule has 4 nitrogen and oxygen atoms in total. The number of hydrogen-bond donors (Lipinski definition) is 2. The Morgan fingerprint density at radius 1 is 1.17 bits per heavy atom. The minimum Gasteiger partial charge on any atom is -0.497 e. The summed E-state index contributed by atoms with van der Waals surface area (Å²) in [5, 5.41) is 13.5. The molecule has 0 fully saturated rings. The van der Waals surface area contributed by atoms with Gasteiger partial charge < -0.3 is 19.9 Å². The molecule has 0 heterocycles. The number of anilines is 1. The van der Waals surface area contributed by atoms with E-state index in [1.807, 2.05) is 32.0 Å². The smallest absolute Gasteiger partial charge is 0.142 e. The summed E-state index contributed by atoms with van der Waals surface area (Å²) < 4.78 is 10.5. The third-order valence-corrected chi connectivity index (χ3v) is 3.33. The van der Waals surface area contributed by atoms with E-state index in [0.717, 1.165) is 17.2 Å². The first-order valence-electron chi connectivity index (χ1n) is 6.26. The van der Waals surface area contributed by atoms with Crippen LogP contribution in [0.4, 0.5) is 5.69 Å². The normalized spacial score (nSPS) is 11.2. The molecule has 0 aromatic heterocycles. The van der Waals surface area contributed by atoms with Crippen LogP contribution in [0.1, 0.15) is 26.7 Å². The van der Waals surface area contributed by atoms with Crippen molar-refractivity contribution >= 4 is 5.69 Å². The van der Waals surface area contributed by atoms with Gasteiger partial charge in [0.1, 0.15) is 11.5 Å². The summed E-state index contributed by atoms with van der Waals surface area (Å²) in [5.74, 6) is 1.50. The van der Waals surface area contributed by atoms with Crippen molar-refractivity contribution in [3.8, 4) is 11.5 Å². The van der Waals surface area contributed by atoms with Crippen molar-refractivity contribution in [2.45, 2.75) is 32.3 Å². The molecule has 1 aromatic rings. The second-order valence-electron chi connectivity index (χ2n) is 4.35. The van der Waals surface area contributed by atoms with Gasteiger partial charge in [0.05, 0.1) is 25.5 Å². The first-order chi connectivity index (χ1) is 8.58. The Bertz CT molecular complexity index is 375. The molecule has 18 heavy (non-hydrogen) atoms. The summed E-state index contributed by atoms with van der Waals surface area (Å²) in [4.78, 5) is 0. The first-order valence-corrected chi connectivity index (χ1v) is 6.26. The topological polar surface area (TPSA) is 50.7 Å². The summed E-state index contributed by atoms with van der Waals surface area (Å²) in [6, 6.07) is 5.55. The molecule has 0 unspecified atom stereocenters. The van der Waals surface area contributed by atoms with E-state index >= 15 is 0 Å². The summed E-state index contributed by atoms with van der Waals surface area (Å²) >= 11 is 0. The number of hydrogen-bond acceptors (Lipinski definition) is 4. The Hall–Kier alpha value is -1.42. The number of ether oxygens (including phenoxy) is 2. The number of nitrogens with one attached hydrogen (secondary N) is 1. The fraction of sp³-hybridized carbons (Fsp3) is 0.571. The van der Waals surface area contributed by atoms with E-state index in [2.05, 4.69) is 5.32 Å². The maximum Gasteiger partial charge on any atom is 0.142 e. The van der Waals surface area contributed by atoms with E-state index in [1.165, 1.54) is 0 Å². The lowest BCUT2D eigenvalue weighted by Gasteiger charge is -2.26. The maximum absolute atomic E-state index is 10.2. The van der Waals surface area contributed by atoms with E-state index in [4.69, 9.17) is 9.47 Å². The number of methoxy groups -OCH3 is 2. The van der Waals surface area contributed by atoms with Crippen LogP contribution in [-0.4, -0.2) is 31.5 Å². The molecule has 0 aliphatic carbocycles. The first kappa shape index (κ1) is 14.6. The van der Waals surface area contributed by atoms with Crippen molar-refractivity contribution in [3.05, 3.63) is 18.2 Å². The van der Waals surface area contributed by atoms with Gasteiger partial charge in [-0.15, -0.1) is 0 Å². The van der Waals surface area contributed by atoms with Crippen LogP contribution in [0.2, 0.25) is 0 Å². The highest BCUT2D eigenvalue weighted by Gasteiger charge is 2.22. The molecule has 0 saturated heterocycles. The van der Waals surface area contributed by atoms with Crippen molar-refractivity contribution in [1.82, 2.24) is 0 Å². The number of aliphatic hydroxyl groups is 1. The predicted octanol–water partition coefficient (Wildman–Crippen LogP) is 2.67. The van der Waals surface area contributed by atoms with Crippen LogP contribution in [0, 0.1) is 0 Å². The summed E-state index contributed by atoms with van der Waals surface area (Å²) in [5.41, 5.74) is 0.144. The zero-order valence-corrected chi connectivity index (χ0v) is 11.6. The maximum atomic E-state index is 10.2. The minimum atomic E-state index is -0.686. The molecule has 0 aliphatic rings. The molecule has 0 amide bonds. The van der Waals surface area contributed by atoms with Gasteiger partial charge in [0, 0.05) is 12.6 Å². The molecule has 0 radical (unpaired) electrons. The zero-order valence-electron chi connectivity index (χ0n) is 11.6. The van der Waals surface area contributed by atoms with Gasteiger partial charge in [-0.3, -0.25) is 0 Å². The third kappa shape index (κ3) is 3.53. The van der Waals surface area contributed by atoms with Crippen LogP contribution in [0.3, 0.4) is 0 Å². The van der Waals surface area contributed by atoms with Gasteiger partial charge in [0.15, 0.2) is 0 Å². The van der Waals surface area contributed by atoms with E-state index < -0.39 is 5.60 Å². The third-order valence-electron chi connectivity index (χ3n) is 3.33. The molecule has 0 saturated carbocycles. The molecular formula is C14H23NO3. The molecule has 1 rings (SSSR count). The van der Waals surface area contributed by atoms with Gasteiger partial charge in [0.2, 0.25) is 0 Å². The Morgan fingerprint density at radius 3 is 2.33 bits per heavy atom. The van der Waals surface area contributed by atoms with Crippen LogP contribution >= 0.6 is 0 Å². The van der Waals surface area contributed by atoms with Crippen LogP contribution < -0.4 is 14.8 Å². The molecule has 4 heteroatoms. The molecule has 0 spiro atoms. The minimum absolute atomic E-state index is 0.490. The molecule has 0 atom stereocenters. The van der Waals surface area contributed by atoms with Crippen molar-refractivity contribution in [2.75, 3.05) is 26.1 Å². The van der Waals surface area contributed by atoms with Crippen molar-refractivity contribution < 1.29 is 14.6 Å². The molecule has 0 bridgehead atoms. The van der Waals surface area contributed by atoms with E-state index in [1.54, 1.807) is 14.2 Å². The van der Waals surface area contributed by atoms with E-state index in [9.17, 15) is 5.11 Å². The van der Waals surface area contributed by atoms with E-state index in [-0.39, 0.29) is 0 Å². The van der Waals surface area contributed by atoms with Gasteiger partial charge in [-0.25, -0.2) is 0 Å². The quantitative estimate of drug-likeness (QED) is 0.784. The fourth-order valence-corrected chi connectivity index (χ4v) is 1.71. The summed E-state index contributed by atoms with van der Waals surface area (Å²) in [7, 11) is 3.25. The second kappa shape index (κ2) is 6.50. The highest BCUT2D eigenvalue weighted by atomic mass is 16.5. The highest BCUT2D eigenvalue weighted by Crippen LogP contribution is 2.29. The Kier molecular flexibility index (Phi) is 5.28. The number of benzene rings is 1. The average Bonchev–Trinajstić information content (AvgIpc) is 2.44. The lowest BCUT2D eigenvalue weighted by atomic mass is 9.97. The highest BCUT2D eigenvalue weighted by molar-refractivity contribution is 5.59. The van der Waals surface area contributed by atoms with Crippen LogP contribution in [0.15, 0.2) is 18.2 Å². The van der Waals surface area contributed by atoms with Crippen molar-refractivity contribution in [2.24, 2.45) is 0 Å². The Balaban J connectivity index is 2.82. The SMILES string of the molecule is CCC(O)(CC)CNc1cc(OC)ccc1OC. The molecular weight excluding hydrogens is 230 g/mol. The molecule has 0 aliphatic heterocycles. The van der Waals surface area contributed by atoms with Crippen molar-refractivity contribution in [3.63, 3.8) is 0 Å². The van der Waals surface area contributed by atoms with Gasteiger partial charge >= 0.3 is 0 Å². The van der Waals surface area contributed by atoms with Crippen LogP contribution in [0.25, 0.3) is 0 Å². The van der Waals surface area contributed by atoms with Gasteiger partial charge in [-0.1, -0.05) is 13.8 Å². The summed E-state index contributed by atoms with van der Waals surface area (Å²) in [6.07, 6.45) is 1.42. The summed E-state index contributed by atoms with van der Waals surface area (Å²) in [6.45, 7) is 4.45. The van der Waals surface area contributed by atoms with Crippen LogP contribution in [-0.2, 0) is 0 Å². The van der Waals surface area contributed by atoms with Crippen molar-refractivity contribution in [1.29, 1.82) is 0 Å². The lowest BCUT2D eigenvalue weighted by molar-refractivity contribution is 0.0456. The van der Waals surface area contributed by atoms with Gasteiger partial charge in [0.25, 0.3) is 0 Å². The van der Waals surface area contributed by atoms with E-state index in [0.29, 0.717) is 19.4 Å². The monoisotopic (exact) mass is 253 g/mol. The molecule has 102 valence electrons. The van der Waals surface area contributed by atoms with Gasteiger partial charge in [-0.05, 0) is 25.0 Å². The fourth-order valence-electron chi connectivity index (χ4n) is 1.71. The average molecular weight is 253 g/mol. The standard InChI is InChI=1S/C14H23NO3/c1-5-14(16,6-2)10-15-12-9-11(17-3)7-8-13(12)18-4/h7-9,15-16H,5-6,10H2,1-4H3. The largest absolute Gasteiger partial charge is 0.497 e. The second-order valence-corrected chi connectivity index (χ2v) is 4.35. The molecule has 2 N–H and O–H groups in total. The lowest BCUT2D eigenvalue weighted by Crippen LogP contribution is -2.35. The zero-order chi connectivity index (χ0) is 13.6. The van der Waals surface area contributed by atoms with Crippen LogP contribution in [0.5, 0.6) is 11.5 Å². The number of rotatable bonds is 7. The Morgan fingerprint density at radius 2 is 1.83 bits per heavy atom.